The maximum absolute atomic E-state index is 13.3. The van der Waals surface area contributed by atoms with Gasteiger partial charge in [0.05, 0.1) is 6.54 Å². The molecule has 2 saturated heterocycles. The smallest absolute Gasteiger partial charge is 0.267 e. The van der Waals surface area contributed by atoms with E-state index in [1.807, 2.05) is 0 Å². The van der Waals surface area contributed by atoms with Crippen LogP contribution in [0.4, 0.5) is 8.78 Å². The average Bonchev–Trinajstić information content (AvgIpc) is 2.98. The molecule has 1 saturated carbocycles. The summed E-state index contributed by atoms with van der Waals surface area (Å²) in [5.74, 6) is -2.34. The molecular weight excluding hydrogens is 338 g/mol. The highest BCUT2D eigenvalue weighted by molar-refractivity contribution is 5.94. The number of hydrogen-bond donors (Lipinski definition) is 0. The lowest BCUT2D eigenvalue weighted by molar-refractivity contribution is 0.00883. The number of rotatable bonds is 4. The number of carbonyl (C=O) groups is 1. The largest absolute Gasteiger partial charge is 0.490 e. The molecule has 0 spiro atoms. The van der Waals surface area contributed by atoms with Crippen LogP contribution in [0.1, 0.15) is 48.9 Å². The first-order valence-electron chi connectivity index (χ1n) is 9.68. The number of nitrogens with zero attached hydrogens (tertiary/aromatic N) is 2. The predicted molar refractivity (Wildman–Crippen MR) is 94.8 cm³/mol. The molecular formula is C20H26F2N2O2. The molecule has 1 aliphatic carbocycles. The van der Waals surface area contributed by atoms with Crippen molar-refractivity contribution >= 4 is 5.91 Å². The van der Waals surface area contributed by atoms with Gasteiger partial charge in [-0.25, -0.2) is 8.78 Å². The summed E-state index contributed by atoms with van der Waals surface area (Å²) in [5, 5.41) is 0. The molecule has 0 atom stereocenters. The molecule has 3 aliphatic rings. The number of halogens is 2. The van der Waals surface area contributed by atoms with Crippen LogP contribution in [0, 0.1) is 0 Å². The van der Waals surface area contributed by atoms with Crippen molar-refractivity contribution in [2.45, 2.75) is 56.6 Å². The average molecular weight is 364 g/mol. The minimum atomic E-state index is -2.76. The van der Waals surface area contributed by atoms with E-state index in [1.54, 1.807) is 24.3 Å². The molecule has 4 rings (SSSR count). The molecule has 3 fully saturated rings. The monoisotopic (exact) mass is 364 g/mol. The third kappa shape index (κ3) is 3.85. The maximum atomic E-state index is 13.3. The number of amides is 1. The lowest BCUT2D eigenvalue weighted by Crippen LogP contribution is -2.50. The molecule has 142 valence electrons. The van der Waals surface area contributed by atoms with Crippen molar-refractivity contribution in [1.82, 2.24) is 9.80 Å². The first-order valence-corrected chi connectivity index (χ1v) is 9.68. The van der Waals surface area contributed by atoms with Gasteiger partial charge >= 0.3 is 0 Å². The Labute approximate surface area is 153 Å². The van der Waals surface area contributed by atoms with Gasteiger partial charge in [-0.15, -0.1) is 0 Å². The number of carbonyl (C=O) groups excluding carboxylic acids is 1. The molecule has 26 heavy (non-hydrogen) atoms. The van der Waals surface area contributed by atoms with Crippen molar-refractivity contribution in [3.05, 3.63) is 29.8 Å². The van der Waals surface area contributed by atoms with Crippen molar-refractivity contribution in [3.63, 3.8) is 0 Å². The summed E-state index contributed by atoms with van der Waals surface area (Å²) in [7, 11) is 0. The molecule has 2 heterocycles. The van der Waals surface area contributed by atoms with Crippen molar-refractivity contribution < 1.29 is 18.3 Å². The molecule has 1 aromatic carbocycles. The van der Waals surface area contributed by atoms with Gasteiger partial charge in [0.15, 0.2) is 0 Å². The number of benzene rings is 1. The van der Waals surface area contributed by atoms with E-state index >= 15 is 0 Å². The Morgan fingerprint density at radius 1 is 1.04 bits per heavy atom. The second-order valence-electron chi connectivity index (χ2n) is 7.82. The Balaban J connectivity index is 1.27. The van der Waals surface area contributed by atoms with E-state index in [0.717, 1.165) is 18.6 Å². The van der Waals surface area contributed by atoms with Crippen LogP contribution in [0.15, 0.2) is 24.3 Å². The Hall–Kier alpha value is -1.69. The van der Waals surface area contributed by atoms with E-state index in [1.165, 1.54) is 37.3 Å². The fraction of sp³-hybridized carbons (Fsp3) is 0.650. The molecule has 6 heteroatoms. The quantitative estimate of drug-likeness (QED) is 0.819. The van der Waals surface area contributed by atoms with E-state index in [-0.39, 0.29) is 25.0 Å². The summed E-state index contributed by atoms with van der Waals surface area (Å²) in [6, 6.07) is 7.55. The van der Waals surface area contributed by atoms with Crippen LogP contribution in [0.25, 0.3) is 0 Å². The Morgan fingerprint density at radius 3 is 2.35 bits per heavy atom. The Kier molecular flexibility index (Phi) is 4.86. The number of likely N-dealkylation sites (tertiary alicyclic amines) is 2. The summed E-state index contributed by atoms with van der Waals surface area (Å²) in [6.45, 7) is 2.06. The molecule has 0 bridgehead atoms. The number of ether oxygens (including phenoxy) is 1. The first-order chi connectivity index (χ1) is 12.5. The molecule has 0 radical (unpaired) electrons. The minimum absolute atomic E-state index is 0.115. The van der Waals surface area contributed by atoms with Crippen molar-refractivity contribution in [2.75, 3.05) is 26.2 Å². The first kappa shape index (κ1) is 17.7. The molecule has 1 aromatic rings. The van der Waals surface area contributed by atoms with Gasteiger partial charge in [-0.1, -0.05) is 6.42 Å². The predicted octanol–water partition coefficient (Wildman–Crippen LogP) is 3.56. The zero-order chi connectivity index (χ0) is 18.1. The lowest BCUT2D eigenvalue weighted by atomic mass is 9.86. The summed E-state index contributed by atoms with van der Waals surface area (Å²) in [5.41, 5.74) is 0.440. The second kappa shape index (κ2) is 7.14. The fourth-order valence-corrected chi connectivity index (χ4v) is 4.18. The van der Waals surface area contributed by atoms with Crippen LogP contribution in [-0.2, 0) is 0 Å². The molecule has 0 N–H and O–H groups in total. The van der Waals surface area contributed by atoms with Crippen LogP contribution in [0.3, 0.4) is 0 Å². The Morgan fingerprint density at radius 2 is 1.73 bits per heavy atom. The third-order valence-electron chi connectivity index (χ3n) is 5.84. The molecule has 0 unspecified atom stereocenters. The summed E-state index contributed by atoms with van der Waals surface area (Å²) < 4.78 is 32.5. The van der Waals surface area contributed by atoms with Crippen molar-refractivity contribution in [3.8, 4) is 5.75 Å². The number of piperidine rings is 1. The summed E-state index contributed by atoms with van der Waals surface area (Å²) in [6.07, 6.45) is 6.07. The van der Waals surface area contributed by atoms with Gasteiger partial charge in [0, 0.05) is 37.4 Å². The van der Waals surface area contributed by atoms with Gasteiger partial charge in [-0.05, 0) is 50.2 Å². The van der Waals surface area contributed by atoms with Crippen molar-refractivity contribution in [1.29, 1.82) is 0 Å². The molecule has 1 amide bonds. The van der Waals surface area contributed by atoms with Gasteiger partial charge in [0.1, 0.15) is 11.9 Å². The maximum Gasteiger partial charge on any atom is 0.267 e. The van der Waals surface area contributed by atoms with Gasteiger partial charge in [-0.3, -0.25) is 4.79 Å². The normalized spacial score (nSPS) is 28.6. The zero-order valence-electron chi connectivity index (χ0n) is 15.0. The minimum Gasteiger partial charge on any atom is -0.490 e. The second-order valence-corrected chi connectivity index (χ2v) is 7.82. The van der Waals surface area contributed by atoms with E-state index in [2.05, 4.69) is 4.90 Å². The topological polar surface area (TPSA) is 32.8 Å². The third-order valence-corrected chi connectivity index (χ3v) is 5.84. The van der Waals surface area contributed by atoms with Crippen LogP contribution < -0.4 is 4.74 Å². The zero-order valence-corrected chi connectivity index (χ0v) is 15.0. The van der Waals surface area contributed by atoms with Gasteiger partial charge in [0.25, 0.3) is 11.8 Å². The van der Waals surface area contributed by atoms with E-state index in [4.69, 9.17) is 4.74 Å². The SMILES string of the molecule is O=C(c1ccc(OC2CC(N3CCCCC3)C2)cc1)N1CCC(F)(F)C1. The highest BCUT2D eigenvalue weighted by atomic mass is 19.3. The number of hydrogen-bond acceptors (Lipinski definition) is 3. The van der Waals surface area contributed by atoms with Crippen LogP contribution >= 0.6 is 0 Å². The fourth-order valence-electron chi connectivity index (χ4n) is 4.18. The van der Waals surface area contributed by atoms with E-state index < -0.39 is 12.5 Å². The lowest BCUT2D eigenvalue weighted by Gasteiger charge is -2.44. The Bertz CT molecular complexity index is 638. The molecule has 2 aliphatic heterocycles. The highest BCUT2D eigenvalue weighted by Crippen LogP contribution is 2.32. The summed E-state index contributed by atoms with van der Waals surface area (Å²) in [4.78, 5) is 16.1. The van der Waals surface area contributed by atoms with E-state index in [0.29, 0.717) is 11.6 Å². The molecule has 4 nitrogen and oxygen atoms in total. The summed E-state index contributed by atoms with van der Waals surface area (Å²) >= 11 is 0. The van der Waals surface area contributed by atoms with Gasteiger partial charge in [0.2, 0.25) is 0 Å². The standard InChI is InChI=1S/C20H26F2N2O2/c21-20(22)8-11-24(14-20)19(25)15-4-6-17(7-5-15)26-18-12-16(13-18)23-9-2-1-3-10-23/h4-7,16,18H,1-3,8-14H2. The van der Waals surface area contributed by atoms with Crippen LogP contribution in [0.2, 0.25) is 0 Å². The molecule has 0 aromatic heterocycles. The number of alkyl halides is 2. The van der Waals surface area contributed by atoms with Gasteiger partial charge < -0.3 is 14.5 Å². The van der Waals surface area contributed by atoms with Crippen LogP contribution in [-0.4, -0.2) is 60.0 Å². The van der Waals surface area contributed by atoms with Crippen molar-refractivity contribution in [2.24, 2.45) is 0 Å². The van der Waals surface area contributed by atoms with Gasteiger partial charge in [-0.2, -0.15) is 0 Å². The highest BCUT2D eigenvalue weighted by Gasteiger charge is 2.40. The van der Waals surface area contributed by atoms with E-state index in [9.17, 15) is 13.6 Å². The van der Waals surface area contributed by atoms with Crippen LogP contribution in [0.5, 0.6) is 5.75 Å².